The van der Waals surface area contributed by atoms with Crippen molar-refractivity contribution in [2.24, 2.45) is 18.7 Å². The van der Waals surface area contributed by atoms with Crippen LogP contribution < -0.4 is 16.4 Å². The molecule has 1 unspecified atom stereocenters. The first-order chi connectivity index (χ1) is 9.40. The molecular formula is C13H23N5O2. The van der Waals surface area contributed by atoms with Crippen LogP contribution in [0.5, 0.6) is 0 Å². The molecule has 0 aliphatic rings. The molecule has 1 rings (SSSR count). The van der Waals surface area contributed by atoms with Crippen LogP contribution in [0.2, 0.25) is 0 Å². The van der Waals surface area contributed by atoms with Gasteiger partial charge in [-0.1, -0.05) is 13.8 Å². The lowest BCUT2D eigenvalue weighted by atomic mass is 10.1. The predicted molar refractivity (Wildman–Crippen MR) is 75.6 cm³/mol. The summed E-state index contributed by atoms with van der Waals surface area (Å²) in [4.78, 5) is 23.3. The van der Waals surface area contributed by atoms with E-state index in [1.165, 1.54) is 0 Å². The van der Waals surface area contributed by atoms with E-state index in [1.54, 1.807) is 24.1 Å². The average molecular weight is 281 g/mol. The number of rotatable bonds is 7. The molecule has 0 saturated heterocycles. The van der Waals surface area contributed by atoms with Crippen LogP contribution in [0.1, 0.15) is 31.9 Å². The third kappa shape index (κ3) is 5.40. The van der Waals surface area contributed by atoms with Gasteiger partial charge in [0.05, 0.1) is 6.20 Å². The smallest absolute Gasteiger partial charge is 0.241 e. The van der Waals surface area contributed by atoms with Crippen LogP contribution in [0.4, 0.5) is 0 Å². The molecule has 0 aliphatic heterocycles. The number of carbonyl (C=O) groups excluding carboxylic acids is 2. The fraction of sp³-hybridized carbons (Fsp3) is 0.615. The van der Waals surface area contributed by atoms with Crippen LogP contribution in [-0.2, 0) is 16.6 Å². The quantitative estimate of drug-likeness (QED) is 0.638. The second kappa shape index (κ2) is 7.64. The van der Waals surface area contributed by atoms with E-state index >= 15 is 0 Å². The third-order valence-corrected chi connectivity index (χ3v) is 2.73. The Balaban J connectivity index is 2.28. The molecule has 0 radical (unpaired) electrons. The van der Waals surface area contributed by atoms with Gasteiger partial charge in [0.1, 0.15) is 6.04 Å². The standard InChI is InChI=1S/C13H23N5O2/c1-9(2)6-16-11(19)4-5-15-13(20)12(14)10-7-17-18(3)8-10/h7-9,12H,4-6,14H2,1-3H3,(H,15,20)(H,16,19). The fourth-order valence-corrected chi connectivity index (χ4v) is 1.57. The van der Waals surface area contributed by atoms with Gasteiger partial charge >= 0.3 is 0 Å². The van der Waals surface area contributed by atoms with Crippen LogP contribution in [0.3, 0.4) is 0 Å². The minimum absolute atomic E-state index is 0.0750. The van der Waals surface area contributed by atoms with E-state index in [2.05, 4.69) is 15.7 Å². The lowest BCUT2D eigenvalue weighted by Gasteiger charge is -2.11. The van der Waals surface area contributed by atoms with E-state index in [1.807, 2.05) is 13.8 Å². The summed E-state index contributed by atoms with van der Waals surface area (Å²) in [6.07, 6.45) is 3.50. The Labute approximate surface area is 118 Å². The van der Waals surface area contributed by atoms with Gasteiger partial charge < -0.3 is 16.4 Å². The molecule has 1 aromatic rings. The number of hydrogen-bond donors (Lipinski definition) is 3. The van der Waals surface area contributed by atoms with Crippen molar-refractivity contribution in [2.75, 3.05) is 13.1 Å². The average Bonchev–Trinajstić information content (AvgIpc) is 2.82. The molecule has 7 nitrogen and oxygen atoms in total. The van der Waals surface area contributed by atoms with Crippen molar-refractivity contribution in [3.05, 3.63) is 18.0 Å². The van der Waals surface area contributed by atoms with E-state index < -0.39 is 6.04 Å². The molecule has 0 fully saturated rings. The first kappa shape index (κ1) is 16.2. The highest BCUT2D eigenvalue weighted by molar-refractivity contribution is 5.83. The number of amides is 2. The molecule has 0 aromatic carbocycles. The molecule has 1 aromatic heterocycles. The third-order valence-electron chi connectivity index (χ3n) is 2.73. The second-order valence-corrected chi connectivity index (χ2v) is 5.16. The largest absolute Gasteiger partial charge is 0.356 e. The molecule has 1 atom stereocenters. The van der Waals surface area contributed by atoms with E-state index in [4.69, 9.17) is 5.73 Å². The summed E-state index contributed by atoms with van der Waals surface area (Å²) in [5, 5.41) is 9.39. The predicted octanol–water partition coefficient (Wildman–Crippen LogP) is -0.302. The van der Waals surface area contributed by atoms with Crippen LogP contribution in [0, 0.1) is 5.92 Å². The topological polar surface area (TPSA) is 102 Å². The maximum absolute atomic E-state index is 11.8. The first-order valence-corrected chi connectivity index (χ1v) is 6.68. The molecular weight excluding hydrogens is 258 g/mol. The number of aryl methyl sites for hydroxylation is 1. The lowest BCUT2D eigenvalue weighted by molar-refractivity contribution is -0.123. The first-order valence-electron chi connectivity index (χ1n) is 6.68. The number of carbonyl (C=O) groups is 2. The van der Waals surface area contributed by atoms with E-state index in [-0.39, 0.29) is 24.8 Å². The van der Waals surface area contributed by atoms with Crippen molar-refractivity contribution in [2.45, 2.75) is 26.3 Å². The van der Waals surface area contributed by atoms with Crippen molar-refractivity contribution in [3.8, 4) is 0 Å². The fourth-order valence-electron chi connectivity index (χ4n) is 1.57. The highest BCUT2D eigenvalue weighted by Gasteiger charge is 2.17. The van der Waals surface area contributed by atoms with Crippen molar-refractivity contribution in [1.29, 1.82) is 0 Å². The van der Waals surface area contributed by atoms with Gasteiger partial charge in [0.25, 0.3) is 0 Å². The van der Waals surface area contributed by atoms with Gasteiger partial charge in [0.2, 0.25) is 11.8 Å². The van der Waals surface area contributed by atoms with Crippen LogP contribution in [0.15, 0.2) is 12.4 Å². The van der Waals surface area contributed by atoms with Crippen molar-refractivity contribution >= 4 is 11.8 Å². The minimum atomic E-state index is -0.762. The molecule has 0 bridgehead atoms. The second-order valence-electron chi connectivity index (χ2n) is 5.16. The Hall–Kier alpha value is -1.89. The molecule has 112 valence electrons. The zero-order valence-electron chi connectivity index (χ0n) is 12.2. The molecule has 1 heterocycles. The Morgan fingerprint density at radius 3 is 2.65 bits per heavy atom. The number of nitrogens with one attached hydrogen (secondary N) is 2. The van der Waals surface area contributed by atoms with Crippen molar-refractivity contribution < 1.29 is 9.59 Å². The number of aromatic nitrogens is 2. The Bertz CT molecular complexity index is 455. The van der Waals surface area contributed by atoms with Gasteiger partial charge in [-0.25, -0.2) is 0 Å². The van der Waals surface area contributed by atoms with Crippen LogP contribution in [-0.4, -0.2) is 34.7 Å². The highest BCUT2D eigenvalue weighted by atomic mass is 16.2. The zero-order valence-corrected chi connectivity index (χ0v) is 12.2. The van der Waals surface area contributed by atoms with E-state index in [0.29, 0.717) is 18.0 Å². The molecule has 2 amide bonds. The Morgan fingerprint density at radius 2 is 2.10 bits per heavy atom. The van der Waals surface area contributed by atoms with Crippen LogP contribution >= 0.6 is 0 Å². The normalized spacial score (nSPS) is 12.2. The Kier molecular flexibility index (Phi) is 6.17. The van der Waals surface area contributed by atoms with Crippen molar-refractivity contribution in [3.63, 3.8) is 0 Å². The maximum atomic E-state index is 11.8. The molecule has 0 aliphatic carbocycles. The maximum Gasteiger partial charge on any atom is 0.241 e. The van der Waals surface area contributed by atoms with Gasteiger partial charge in [-0.3, -0.25) is 14.3 Å². The Morgan fingerprint density at radius 1 is 1.40 bits per heavy atom. The van der Waals surface area contributed by atoms with E-state index in [9.17, 15) is 9.59 Å². The summed E-state index contributed by atoms with van der Waals surface area (Å²) < 4.78 is 1.59. The summed E-state index contributed by atoms with van der Waals surface area (Å²) in [5.41, 5.74) is 6.45. The van der Waals surface area contributed by atoms with Crippen molar-refractivity contribution in [1.82, 2.24) is 20.4 Å². The van der Waals surface area contributed by atoms with Gasteiger partial charge in [-0.2, -0.15) is 5.10 Å². The summed E-state index contributed by atoms with van der Waals surface area (Å²) >= 11 is 0. The molecule has 20 heavy (non-hydrogen) atoms. The monoisotopic (exact) mass is 281 g/mol. The number of nitrogens with zero attached hydrogens (tertiary/aromatic N) is 2. The summed E-state index contributed by atoms with van der Waals surface area (Å²) in [5.74, 6) is 0.0242. The summed E-state index contributed by atoms with van der Waals surface area (Å²) in [7, 11) is 1.76. The zero-order chi connectivity index (χ0) is 15.1. The van der Waals surface area contributed by atoms with Gasteiger partial charge in [0, 0.05) is 38.3 Å². The van der Waals surface area contributed by atoms with E-state index in [0.717, 1.165) is 0 Å². The SMILES string of the molecule is CC(C)CNC(=O)CCNC(=O)C(N)c1cnn(C)c1. The van der Waals surface area contributed by atoms with Gasteiger partial charge in [0.15, 0.2) is 0 Å². The number of nitrogens with two attached hydrogens (primary N) is 1. The molecule has 0 spiro atoms. The molecule has 0 saturated carbocycles. The summed E-state index contributed by atoms with van der Waals surface area (Å²) in [6, 6.07) is -0.762. The molecule has 7 heteroatoms. The highest BCUT2D eigenvalue weighted by Crippen LogP contribution is 2.07. The number of hydrogen-bond acceptors (Lipinski definition) is 4. The summed E-state index contributed by atoms with van der Waals surface area (Å²) in [6.45, 7) is 4.96. The molecule has 4 N–H and O–H groups in total. The van der Waals surface area contributed by atoms with Crippen LogP contribution in [0.25, 0.3) is 0 Å². The lowest BCUT2D eigenvalue weighted by Crippen LogP contribution is -2.37. The van der Waals surface area contributed by atoms with Gasteiger partial charge in [-0.15, -0.1) is 0 Å². The van der Waals surface area contributed by atoms with Gasteiger partial charge in [-0.05, 0) is 5.92 Å². The minimum Gasteiger partial charge on any atom is -0.356 e.